The highest BCUT2D eigenvalue weighted by atomic mass is 32.2. The Kier molecular flexibility index (Phi) is 13.9. The van der Waals surface area contributed by atoms with Crippen LogP contribution < -0.4 is 0 Å². The minimum Gasteiger partial charge on any atom is -0.466 e. The van der Waals surface area contributed by atoms with Gasteiger partial charge in [-0.15, -0.1) is 0 Å². The van der Waals surface area contributed by atoms with Gasteiger partial charge in [0.25, 0.3) is 10.1 Å². The van der Waals surface area contributed by atoms with Crippen LogP contribution in [0.3, 0.4) is 0 Å². The minimum atomic E-state index is -4.75. The Morgan fingerprint density at radius 3 is 2.04 bits per heavy atom. The lowest BCUT2D eigenvalue weighted by molar-refractivity contribution is -0.149. The van der Waals surface area contributed by atoms with Crippen molar-refractivity contribution in [2.45, 2.75) is 76.4 Å². The van der Waals surface area contributed by atoms with Crippen LogP contribution in [0.4, 0.5) is 0 Å². The zero-order chi connectivity index (χ0) is 19.8. The van der Waals surface area contributed by atoms with Gasteiger partial charge in [0.1, 0.15) is 6.61 Å². The highest BCUT2D eigenvalue weighted by molar-refractivity contribution is 7.87. The van der Waals surface area contributed by atoms with Crippen molar-refractivity contribution in [3.8, 4) is 0 Å². The van der Waals surface area contributed by atoms with Crippen LogP contribution >= 0.6 is 0 Å². The molecule has 0 saturated heterocycles. The number of unbranched alkanes of at least 4 members (excludes halogenated alkanes) is 8. The standard InChI is InChI=1S/C18H32O7S/c1-3-5-6-7-8-9-10-11-12-14-24-17(19)15-16(26(21,22)23)18(20)25-13-4-2/h4,16H,2-3,5-15H2,1H3,(H,21,22,23). The van der Waals surface area contributed by atoms with E-state index in [9.17, 15) is 18.0 Å². The molecule has 0 aromatic rings. The fourth-order valence-corrected chi connectivity index (χ4v) is 3.01. The highest BCUT2D eigenvalue weighted by Crippen LogP contribution is 2.11. The molecule has 0 heterocycles. The van der Waals surface area contributed by atoms with Crippen molar-refractivity contribution < 1.29 is 32.0 Å². The molecule has 8 heteroatoms. The predicted molar refractivity (Wildman–Crippen MR) is 99.3 cm³/mol. The maximum absolute atomic E-state index is 11.7. The van der Waals surface area contributed by atoms with Gasteiger partial charge in [-0.2, -0.15) is 8.42 Å². The maximum atomic E-state index is 11.7. The molecule has 0 aliphatic heterocycles. The van der Waals surface area contributed by atoms with E-state index in [1.807, 2.05) is 0 Å². The molecule has 1 atom stereocenters. The first-order chi connectivity index (χ1) is 12.3. The first-order valence-corrected chi connectivity index (χ1v) is 10.7. The molecular weight excluding hydrogens is 360 g/mol. The minimum absolute atomic E-state index is 0.161. The van der Waals surface area contributed by atoms with Gasteiger partial charge >= 0.3 is 11.9 Å². The number of ether oxygens (including phenoxy) is 2. The van der Waals surface area contributed by atoms with Crippen molar-refractivity contribution in [2.24, 2.45) is 0 Å². The van der Waals surface area contributed by atoms with Crippen molar-refractivity contribution in [1.82, 2.24) is 0 Å². The number of carbonyl (C=O) groups is 2. The summed E-state index contributed by atoms with van der Waals surface area (Å²) < 4.78 is 41.1. The third-order valence-electron chi connectivity index (χ3n) is 3.83. The highest BCUT2D eigenvalue weighted by Gasteiger charge is 2.35. The summed E-state index contributed by atoms with van der Waals surface area (Å²) in [5, 5.41) is -1.97. The molecule has 0 radical (unpaired) electrons. The number of hydrogen-bond acceptors (Lipinski definition) is 6. The van der Waals surface area contributed by atoms with E-state index in [0.717, 1.165) is 19.3 Å². The molecule has 0 bridgehead atoms. The van der Waals surface area contributed by atoms with Crippen molar-refractivity contribution >= 4 is 22.1 Å². The molecule has 26 heavy (non-hydrogen) atoms. The van der Waals surface area contributed by atoms with Crippen LogP contribution in [-0.2, 0) is 29.2 Å². The van der Waals surface area contributed by atoms with Crippen molar-refractivity contribution in [2.75, 3.05) is 13.2 Å². The van der Waals surface area contributed by atoms with E-state index in [2.05, 4.69) is 18.2 Å². The lowest BCUT2D eigenvalue weighted by atomic mass is 10.1. The number of hydrogen-bond donors (Lipinski definition) is 1. The van der Waals surface area contributed by atoms with Gasteiger partial charge in [0, 0.05) is 0 Å². The fourth-order valence-electron chi connectivity index (χ4n) is 2.35. The van der Waals surface area contributed by atoms with Gasteiger partial charge in [0.2, 0.25) is 0 Å². The SMILES string of the molecule is C=CCOC(=O)C(CC(=O)OCCCCCCCCCCC)S(=O)(=O)O. The monoisotopic (exact) mass is 392 g/mol. The van der Waals surface area contributed by atoms with Gasteiger partial charge in [-0.1, -0.05) is 70.9 Å². The van der Waals surface area contributed by atoms with Gasteiger partial charge in [-0.25, -0.2) is 0 Å². The quantitative estimate of drug-likeness (QED) is 0.185. The summed E-state index contributed by atoms with van der Waals surface area (Å²) in [6.45, 7) is 5.46. The van der Waals surface area contributed by atoms with Gasteiger partial charge < -0.3 is 9.47 Å². The second-order valence-electron chi connectivity index (χ2n) is 6.18. The van der Waals surface area contributed by atoms with E-state index in [1.165, 1.54) is 38.2 Å². The Hall–Kier alpha value is -1.41. The molecule has 0 aliphatic rings. The summed E-state index contributed by atoms with van der Waals surface area (Å²) in [5.74, 6) is -2.06. The van der Waals surface area contributed by atoms with Crippen LogP contribution in [-0.4, -0.2) is 43.4 Å². The zero-order valence-corrected chi connectivity index (χ0v) is 16.5. The van der Waals surface area contributed by atoms with Crippen LogP contribution in [0.25, 0.3) is 0 Å². The predicted octanol–water partition coefficient (Wildman–Crippen LogP) is 3.44. The molecule has 1 unspecified atom stereocenters. The first-order valence-electron chi connectivity index (χ1n) is 9.22. The van der Waals surface area contributed by atoms with Crippen molar-refractivity contribution in [3.63, 3.8) is 0 Å². The van der Waals surface area contributed by atoms with Crippen LogP contribution in [0, 0.1) is 0 Å². The topological polar surface area (TPSA) is 107 Å². The molecule has 0 aromatic carbocycles. The third-order valence-corrected chi connectivity index (χ3v) is 4.91. The Morgan fingerprint density at radius 1 is 1.00 bits per heavy atom. The zero-order valence-electron chi connectivity index (χ0n) is 15.7. The Bertz CT molecular complexity index is 514. The smallest absolute Gasteiger partial charge is 0.327 e. The van der Waals surface area contributed by atoms with Crippen LogP contribution in [0.2, 0.25) is 0 Å². The van der Waals surface area contributed by atoms with Gasteiger partial charge in [0.05, 0.1) is 13.0 Å². The van der Waals surface area contributed by atoms with E-state index < -0.39 is 33.7 Å². The lowest BCUT2D eigenvalue weighted by Crippen LogP contribution is -2.34. The fraction of sp³-hybridized carbons (Fsp3) is 0.778. The van der Waals surface area contributed by atoms with Gasteiger partial charge in [-0.05, 0) is 6.42 Å². The lowest BCUT2D eigenvalue weighted by Gasteiger charge is -2.12. The van der Waals surface area contributed by atoms with Gasteiger partial charge in [-0.3, -0.25) is 14.1 Å². The molecule has 0 fully saturated rings. The first kappa shape index (κ1) is 24.6. The Morgan fingerprint density at radius 2 is 1.54 bits per heavy atom. The average molecular weight is 393 g/mol. The van der Waals surface area contributed by atoms with Crippen LogP contribution in [0.1, 0.15) is 71.1 Å². The molecule has 0 aromatic heterocycles. The number of rotatable bonds is 16. The van der Waals surface area contributed by atoms with Crippen molar-refractivity contribution in [1.29, 1.82) is 0 Å². The maximum Gasteiger partial charge on any atom is 0.327 e. The van der Waals surface area contributed by atoms with E-state index in [0.29, 0.717) is 6.42 Å². The summed E-state index contributed by atoms with van der Waals surface area (Å²) in [6, 6.07) is 0. The molecule has 7 nitrogen and oxygen atoms in total. The van der Waals surface area contributed by atoms with E-state index in [1.54, 1.807) is 0 Å². The number of carbonyl (C=O) groups excluding carboxylic acids is 2. The molecule has 0 rings (SSSR count). The van der Waals surface area contributed by atoms with Crippen LogP contribution in [0.5, 0.6) is 0 Å². The Labute approximate surface area is 156 Å². The normalized spacial score (nSPS) is 12.4. The van der Waals surface area contributed by atoms with Crippen LogP contribution in [0.15, 0.2) is 12.7 Å². The van der Waals surface area contributed by atoms with E-state index >= 15 is 0 Å². The van der Waals surface area contributed by atoms with E-state index in [4.69, 9.17) is 9.29 Å². The van der Waals surface area contributed by atoms with E-state index in [-0.39, 0.29) is 13.2 Å². The van der Waals surface area contributed by atoms with Gasteiger partial charge in [0.15, 0.2) is 5.25 Å². The second kappa shape index (κ2) is 14.7. The molecule has 0 saturated carbocycles. The molecular formula is C18H32O7S. The summed E-state index contributed by atoms with van der Waals surface area (Å²) in [6.07, 6.45) is 10.5. The summed E-state index contributed by atoms with van der Waals surface area (Å²) in [4.78, 5) is 23.3. The molecule has 152 valence electrons. The van der Waals surface area contributed by atoms with Crippen molar-refractivity contribution in [3.05, 3.63) is 12.7 Å². The third kappa shape index (κ3) is 12.9. The second-order valence-corrected chi connectivity index (χ2v) is 7.77. The molecule has 0 spiro atoms. The number of esters is 2. The Balaban J connectivity index is 3.96. The molecule has 1 N–H and O–H groups in total. The summed E-state index contributed by atoms with van der Waals surface area (Å²) in [5.41, 5.74) is 0. The molecule has 0 aliphatic carbocycles. The summed E-state index contributed by atoms with van der Waals surface area (Å²) >= 11 is 0. The summed E-state index contributed by atoms with van der Waals surface area (Å²) in [7, 11) is -4.75. The molecule has 0 amide bonds. The average Bonchev–Trinajstić information content (AvgIpc) is 2.58. The largest absolute Gasteiger partial charge is 0.466 e.